The second-order valence-corrected chi connectivity index (χ2v) is 10.3. The zero-order valence-electron chi connectivity index (χ0n) is 22.8. The topological polar surface area (TPSA) is 99.0 Å². The van der Waals surface area contributed by atoms with Crippen molar-refractivity contribution in [3.8, 4) is 29.0 Å². The Morgan fingerprint density at radius 1 is 1.07 bits per heavy atom. The smallest absolute Gasteiger partial charge is 0.303 e. The summed E-state index contributed by atoms with van der Waals surface area (Å²) in [6.45, 7) is 5.43. The first-order chi connectivity index (χ1) is 19.6. The Bertz CT molecular complexity index is 1840. The number of H-pyrrole nitrogens is 1. The molecule has 0 fully saturated rings. The molecule has 2 N–H and O–H groups in total. The van der Waals surface area contributed by atoms with Crippen molar-refractivity contribution >= 4 is 16.7 Å². The van der Waals surface area contributed by atoms with Gasteiger partial charge in [0.15, 0.2) is 11.6 Å². The molecule has 206 valence electrons. The van der Waals surface area contributed by atoms with E-state index in [0.717, 1.165) is 21.9 Å². The molecule has 0 aliphatic rings. The van der Waals surface area contributed by atoms with Gasteiger partial charge in [-0.05, 0) is 73.4 Å². The molecule has 0 spiro atoms. The Hall–Kier alpha value is -5.03. The molecule has 1 heterocycles. The van der Waals surface area contributed by atoms with Crippen molar-refractivity contribution in [2.45, 2.75) is 39.0 Å². The SMILES string of the molecule is Cc1ccc2c(C)c(Oc3ccc(F)c(-c4ncc(C(C)(C#N)c5cccc(CCC(=O)O)c5)[nH]4)c3)c(F)cc2c1. The maximum atomic E-state index is 15.1. The van der Waals surface area contributed by atoms with Gasteiger partial charge in [-0.15, -0.1) is 0 Å². The minimum atomic E-state index is -1.17. The van der Waals surface area contributed by atoms with Crippen LogP contribution < -0.4 is 4.74 Å². The maximum absolute atomic E-state index is 15.1. The highest BCUT2D eigenvalue weighted by molar-refractivity contribution is 5.88. The fourth-order valence-electron chi connectivity index (χ4n) is 4.92. The molecule has 0 bridgehead atoms. The number of nitrogens with zero attached hydrogens (tertiary/aromatic N) is 2. The van der Waals surface area contributed by atoms with Gasteiger partial charge in [0, 0.05) is 12.0 Å². The number of nitriles is 1. The zero-order valence-corrected chi connectivity index (χ0v) is 22.8. The van der Waals surface area contributed by atoms with Crippen molar-refractivity contribution in [3.63, 3.8) is 0 Å². The van der Waals surface area contributed by atoms with Crippen molar-refractivity contribution in [2.24, 2.45) is 0 Å². The molecule has 5 rings (SSSR count). The van der Waals surface area contributed by atoms with E-state index in [-0.39, 0.29) is 29.3 Å². The molecule has 0 saturated carbocycles. The van der Waals surface area contributed by atoms with Crippen LogP contribution in [0.25, 0.3) is 22.2 Å². The Morgan fingerprint density at radius 2 is 1.88 bits per heavy atom. The Labute approximate surface area is 235 Å². The van der Waals surface area contributed by atoms with Gasteiger partial charge < -0.3 is 14.8 Å². The monoisotopic (exact) mass is 551 g/mol. The summed E-state index contributed by atoms with van der Waals surface area (Å²) in [4.78, 5) is 18.4. The van der Waals surface area contributed by atoms with Crippen molar-refractivity contribution < 1.29 is 23.4 Å². The van der Waals surface area contributed by atoms with Crippen molar-refractivity contribution in [1.82, 2.24) is 9.97 Å². The average Bonchev–Trinajstić information content (AvgIpc) is 3.45. The number of benzene rings is 4. The first kappa shape index (κ1) is 27.5. The van der Waals surface area contributed by atoms with Gasteiger partial charge in [-0.1, -0.05) is 48.0 Å². The molecule has 0 amide bonds. The van der Waals surface area contributed by atoms with E-state index in [1.807, 2.05) is 31.2 Å². The second kappa shape index (κ2) is 10.9. The normalized spacial score (nSPS) is 12.6. The number of hydrogen-bond donors (Lipinski definition) is 2. The molecule has 0 saturated heterocycles. The number of carbonyl (C=O) groups is 1. The van der Waals surface area contributed by atoms with Crippen molar-refractivity contribution in [2.75, 3.05) is 0 Å². The van der Waals surface area contributed by atoms with Crippen LogP contribution in [0.5, 0.6) is 11.5 Å². The van der Waals surface area contributed by atoms with Crippen LogP contribution in [0.3, 0.4) is 0 Å². The molecular weight excluding hydrogens is 524 g/mol. The number of carboxylic acid groups (broad SMARTS) is 1. The summed E-state index contributed by atoms with van der Waals surface area (Å²) in [6.07, 6.45) is 1.78. The van der Waals surface area contributed by atoms with Gasteiger partial charge in [-0.3, -0.25) is 4.79 Å². The molecular formula is C33H27F2N3O3. The minimum absolute atomic E-state index is 0.0269. The summed E-state index contributed by atoms with van der Waals surface area (Å²) in [6, 6.07) is 20.7. The number of aryl methyl sites for hydroxylation is 3. The number of nitrogens with one attached hydrogen (secondary N) is 1. The number of hydrogen-bond acceptors (Lipinski definition) is 4. The van der Waals surface area contributed by atoms with Crippen LogP contribution in [0, 0.1) is 36.8 Å². The number of fused-ring (bicyclic) bond motifs is 1. The van der Waals surface area contributed by atoms with Crippen LogP contribution in [-0.2, 0) is 16.6 Å². The van der Waals surface area contributed by atoms with Gasteiger partial charge >= 0.3 is 5.97 Å². The summed E-state index contributed by atoms with van der Waals surface area (Å²) in [7, 11) is 0. The number of halogens is 2. The first-order valence-corrected chi connectivity index (χ1v) is 13.0. The van der Waals surface area contributed by atoms with Crippen molar-refractivity contribution in [1.29, 1.82) is 5.26 Å². The second-order valence-electron chi connectivity index (χ2n) is 10.3. The molecule has 0 radical (unpaired) electrons. The number of aliphatic carboxylic acids is 1. The molecule has 0 aliphatic carbocycles. The lowest BCUT2D eigenvalue weighted by molar-refractivity contribution is -0.136. The third-order valence-electron chi connectivity index (χ3n) is 7.33. The minimum Gasteiger partial charge on any atom is -0.481 e. The standard InChI is InChI=1S/C33H27F2N3O3/c1-19-7-10-25-20(2)31(28(35)15-22(25)13-19)41-24-9-11-27(34)26(16-24)32-37-17-29(38-32)33(3,18-36)23-6-4-5-21(14-23)8-12-30(39)40/h4-7,9-11,13-17H,8,12H2,1-3H3,(H,37,38)(H,39,40). The highest BCUT2D eigenvalue weighted by Crippen LogP contribution is 2.37. The molecule has 4 aromatic carbocycles. The van der Waals surface area contributed by atoms with E-state index in [1.165, 1.54) is 30.5 Å². The van der Waals surface area contributed by atoms with Crippen LogP contribution in [0.1, 0.15) is 41.3 Å². The summed E-state index contributed by atoms with van der Waals surface area (Å²) in [5.74, 6) is -1.54. The van der Waals surface area contributed by atoms with E-state index >= 15 is 8.78 Å². The number of aromatic amines is 1. The molecule has 8 heteroatoms. The largest absolute Gasteiger partial charge is 0.481 e. The van der Waals surface area contributed by atoms with E-state index in [2.05, 4.69) is 16.0 Å². The van der Waals surface area contributed by atoms with Gasteiger partial charge in [-0.2, -0.15) is 5.26 Å². The molecule has 41 heavy (non-hydrogen) atoms. The van der Waals surface area contributed by atoms with Gasteiger partial charge in [0.1, 0.15) is 22.8 Å². The fourth-order valence-corrected chi connectivity index (χ4v) is 4.92. The van der Waals surface area contributed by atoms with E-state index in [4.69, 9.17) is 9.84 Å². The lowest BCUT2D eigenvalue weighted by atomic mass is 9.80. The fraction of sp³-hybridized carbons (Fsp3) is 0.182. The lowest BCUT2D eigenvalue weighted by Crippen LogP contribution is -2.22. The van der Waals surface area contributed by atoms with Gasteiger partial charge in [-0.25, -0.2) is 13.8 Å². The summed E-state index contributed by atoms with van der Waals surface area (Å²) in [5.41, 5.74) is 2.44. The highest BCUT2D eigenvalue weighted by atomic mass is 19.1. The number of ether oxygens (including phenoxy) is 1. The predicted molar refractivity (Wildman–Crippen MR) is 152 cm³/mol. The van der Waals surface area contributed by atoms with Crippen LogP contribution in [0.2, 0.25) is 0 Å². The molecule has 0 aliphatic heterocycles. The predicted octanol–water partition coefficient (Wildman–Crippen LogP) is 7.76. The molecule has 1 unspecified atom stereocenters. The number of aromatic nitrogens is 2. The third kappa shape index (κ3) is 5.39. The number of imidazole rings is 1. The van der Waals surface area contributed by atoms with Crippen LogP contribution >= 0.6 is 0 Å². The van der Waals surface area contributed by atoms with E-state index in [0.29, 0.717) is 23.2 Å². The van der Waals surface area contributed by atoms with E-state index in [1.54, 1.807) is 32.0 Å². The lowest BCUT2D eigenvalue weighted by Gasteiger charge is -2.21. The average molecular weight is 552 g/mol. The Kier molecular flexibility index (Phi) is 7.29. The summed E-state index contributed by atoms with van der Waals surface area (Å²) in [5, 5.41) is 20.8. The van der Waals surface area contributed by atoms with Crippen molar-refractivity contribution in [3.05, 3.63) is 113 Å². The van der Waals surface area contributed by atoms with Gasteiger partial charge in [0.05, 0.1) is 23.5 Å². The Morgan fingerprint density at radius 3 is 2.63 bits per heavy atom. The summed E-state index contributed by atoms with van der Waals surface area (Å²) < 4.78 is 36.0. The van der Waals surface area contributed by atoms with Crippen LogP contribution in [0.4, 0.5) is 8.78 Å². The highest BCUT2D eigenvalue weighted by Gasteiger charge is 2.32. The number of rotatable bonds is 8. The van der Waals surface area contributed by atoms with E-state index in [9.17, 15) is 10.1 Å². The Balaban J connectivity index is 1.47. The third-order valence-corrected chi connectivity index (χ3v) is 7.33. The maximum Gasteiger partial charge on any atom is 0.303 e. The summed E-state index contributed by atoms with van der Waals surface area (Å²) >= 11 is 0. The van der Waals surface area contributed by atoms with E-state index < -0.39 is 23.0 Å². The quantitative estimate of drug-likeness (QED) is 0.205. The molecule has 6 nitrogen and oxygen atoms in total. The number of carboxylic acids is 1. The van der Waals surface area contributed by atoms with Gasteiger partial charge in [0.25, 0.3) is 0 Å². The molecule has 1 aromatic heterocycles. The molecule has 1 atom stereocenters. The first-order valence-electron chi connectivity index (χ1n) is 13.0. The van der Waals surface area contributed by atoms with Crippen LogP contribution in [0.15, 0.2) is 72.9 Å². The molecule has 5 aromatic rings. The van der Waals surface area contributed by atoms with Crippen LogP contribution in [-0.4, -0.2) is 21.0 Å². The zero-order chi connectivity index (χ0) is 29.3. The van der Waals surface area contributed by atoms with Gasteiger partial charge in [0.2, 0.25) is 0 Å².